The van der Waals surface area contributed by atoms with Crippen LogP contribution in [0.5, 0.6) is 11.5 Å². The van der Waals surface area contributed by atoms with Crippen LogP contribution in [0.4, 0.5) is 0 Å². The van der Waals surface area contributed by atoms with Crippen LogP contribution in [-0.4, -0.2) is 67.6 Å². The third-order valence-electron chi connectivity index (χ3n) is 5.85. The number of piperazine rings is 1. The minimum absolute atomic E-state index is 0.0724. The zero-order valence-corrected chi connectivity index (χ0v) is 18.4. The van der Waals surface area contributed by atoms with Crippen molar-refractivity contribution in [3.63, 3.8) is 0 Å². The highest BCUT2D eigenvalue weighted by molar-refractivity contribution is 6.08. The predicted octanol–water partition coefficient (Wildman–Crippen LogP) is 3.76. The van der Waals surface area contributed by atoms with Crippen molar-refractivity contribution in [1.82, 2.24) is 14.4 Å². The summed E-state index contributed by atoms with van der Waals surface area (Å²) in [6.07, 6.45) is 5.67. The molecule has 3 aromatic rings. The van der Waals surface area contributed by atoms with Crippen molar-refractivity contribution in [2.45, 2.75) is 6.67 Å². The predicted molar refractivity (Wildman–Crippen MR) is 124 cm³/mol. The molecule has 0 amide bonds. The largest absolute Gasteiger partial charge is 0.493 e. The molecule has 0 bridgehead atoms. The molecule has 1 aromatic heterocycles. The number of carbonyl (C=O) groups is 1. The maximum atomic E-state index is 12.8. The quantitative estimate of drug-likeness (QED) is 0.431. The highest BCUT2D eigenvalue weighted by Gasteiger charge is 2.16. The maximum absolute atomic E-state index is 12.8. The van der Waals surface area contributed by atoms with Crippen LogP contribution in [0.1, 0.15) is 15.9 Å². The third kappa shape index (κ3) is 4.65. The number of benzene rings is 2. The van der Waals surface area contributed by atoms with Crippen LogP contribution < -0.4 is 9.47 Å². The summed E-state index contributed by atoms with van der Waals surface area (Å²) in [5.74, 6) is 1.08. The normalized spacial score (nSPS) is 15.6. The van der Waals surface area contributed by atoms with Crippen LogP contribution in [0.3, 0.4) is 0 Å². The number of fused-ring (bicyclic) bond motifs is 1. The van der Waals surface area contributed by atoms with Crippen LogP contribution >= 0.6 is 0 Å². The van der Waals surface area contributed by atoms with E-state index in [2.05, 4.69) is 45.8 Å². The number of hydrogen-bond acceptors (Lipinski definition) is 5. The molecule has 0 N–H and O–H groups in total. The first kappa shape index (κ1) is 21.2. The average Bonchev–Trinajstić information content (AvgIpc) is 3.16. The van der Waals surface area contributed by atoms with Gasteiger partial charge < -0.3 is 18.9 Å². The van der Waals surface area contributed by atoms with Crippen LogP contribution in [0.2, 0.25) is 0 Å². The van der Waals surface area contributed by atoms with Crippen molar-refractivity contribution in [1.29, 1.82) is 0 Å². The Balaban J connectivity index is 1.57. The molecule has 31 heavy (non-hydrogen) atoms. The molecule has 162 valence electrons. The second kappa shape index (κ2) is 9.37. The molecule has 6 heteroatoms. The zero-order valence-electron chi connectivity index (χ0n) is 18.4. The fourth-order valence-corrected chi connectivity index (χ4v) is 3.98. The molecular weight excluding hydrogens is 390 g/mol. The highest BCUT2D eigenvalue weighted by atomic mass is 16.5. The van der Waals surface area contributed by atoms with Crippen LogP contribution in [0.25, 0.3) is 17.0 Å². The van der Waals surface area contributed by atoms with Gasteiger partial charge in [-0.15, -0.1) is 0 Å². The number of likely N-dealkylation sites (N-methyl/N-ethyl adjacent to an activating group) is 1. The second-order valence-corrected chi connectivity index (χ2v) is 7.90. The highest BCUT2D eigenvalue weighted by Crippen LogP contribution is 2.28. The summed E-state index contributed by atoms with van der Waals surface area (Å²) in [5.41, 5.74) is 2.79. The van der Waals surface area contributed by atoms with Gasteiger partial charge in [-0.2, -0.15) is 0 Å². The number of nitrogens with zero attached hydrogens (tertiary/aromatic N) is 3. The molecule has 6 nitrogen and oxygen atoms in total. The first-order valence-electron chi connectivity index (χ1n) is 10.5. The first-order valence-corrected chi connectivity index (χ1v) is 10.5. The Kier molecular flexibility index (Phi) is 6.39. The molecule has 4 rings (SSSR count). The van der Waals surface area contributed by atoms with Gasteiger partial charge in [0.25, 0.3) is 0 Å². The Morgan fingerprint density at radius 2 is 1.74 bits per heavy atom. The van der Waals surface area contributed by atoms with Gasteiger partial charge in [0.05, 0.1) is 20.9 Å². The molecular formula is C25H29N3O3. The second-order valence-electron chi connectivity index (χ2n) is 7.90. The van der Waals surface area contributed by atoms with Crippen molar-refractivity contribution in [3.05, 3.63) is 65.9 Å². The lowest BCUT2D eigenvalue weighted by atomic mass is 10.1. The lowest BCUT2D eigenvalue weighted by Crippen LogP contribution is -2.44. The lowest BCUT2D eigenvalue weighted by molar-refractivity contribution is 0.104. The Morgan fingerprint density at radius 1 is 1.00 bits per heavy atom. The molecule has 0 spiro atoms. The summed E-state index contributed by atoms with van der Waals surface area (Å²) in [6.45, 7) is 5.15. The van der Waals surface area contributed by atoms with Crippen molar-refractivity contribution >= 4 is 22.8 Å². The number of ketones is 1. The summed E-state index contributed by atoms with van der Waals surface area (Å²) in [6, 6.07) is 13.6. The fourth-order valence-electron chi connectivity index (χ4n) is 3.98. The SMILES string of the molecule is COc1ccc(C(=O)C=Cc2cn(CN3CCN(C)CC3)c3ccccc23)cc1OC. The zero-order chi connectivity index (χ0) is 21.8. The number of methoxy groups -OCH3 is 2. The molecule has 1 fully saturated rings. The number of ether oxygens (including phenoxy) is 2. The molecule has 2 heterocycles. The van der Waals surface area contributed by atoms with Crippen LogP contribution in [0.15, 0.2) is 54.7 Å². The number of hydrogen-bond donors (Lipinski definition) is 0. The molecule has 0 aliphatic carbocycles. The molecule has 0 atom stereocenters. The van der Waals surface area contributed by atoms with Crippen molar-refractivity contribution in [3.8, 4) is 11.5 Å². The van der Waals surface area contributed by atoms with Crippen molar-refractivity contribution < 1.29 is 14.3 Å². The van der Waals surface area contributed by atoms with Gasteiger partial charge in [-0.05, 0) is 43.5 Å². The first-order chi connectivity index (χ1) is 15.1. The van der Waals surface area contributed by atoms with E-state index in [-0.39, 0.29) is 5.78 Å². The van der Waals surface area contributed by atoms with Gasteiger partial charge >= 0.3 is 0 Å². The van der Waals surface area contributed by atoms with E-state index < -0.39 is 0 Å². The van der Waals surface area contributed by atoms with E-state index in [0.29, 0.717) is 17.1 Å². The van der Waals surface area contributed by atoms with Crippen LogP contribution in [0, 0.1) is 0 Å². The number of rotatable bonds is 7. The molecule has 1 aliphatic heterocycles. The summed E-state index contributed by atoms with van der Waals surface area (Å²) < 4.78 is 12.9. The average molecular weight is 420 g/mol. The minimum Gasteiger partial charge on any atom is -0.493 e. The fraction of sp³-hybridized carbons (Fsp3) is 0.320. The van der Waals surface area contributed by atoms with Gasteiger partial charge in [0.1, 0.15) is 0 Å². The summed E-state index contributed by atoms with van der Waals surface area (Å²) in [7, 11) is 5.31. The monoisotopic (exact) mass is 419 g/mol. The van der Waals surface area contributed by atoms with Gasteiger partial charge in [-0.3, -0.25) is 9.69 Å². The topological polar surface area (TPSA) is 46.9 Å². The Hall–Kier alpha value is -3.09. The van der Waals surface area contributed by atoms with Crippen molar-refractivity contribution in [2.24, 2.45) is 0 Å². The number of para-hydroxylation sites is 1. The smallest absolute Gasteiger partial charge is 0.185 e. The molecule has 1 saturated heterocycles. The van der Waals surface area contributed by atoms with Gasteiger partial charge in [-0.25, -0.2) is 0 Å². The molecule has 2 aromatic carbocycles. The van der Waals surface area contributed by atoms with E-state index in [1.54, 1.807) is 38.5 Å². The van der Waals surface area contributed by atoms with E-state index in [9.17, 15) is 4.79 Å². The van der Waals surface area contributed by atoms with E-state index in [1.807, 2.05) is 12.1 Å². The number of aromatic nitrogens is 1. The van der Waals surface area contributed by atoms with E-state index in [1.165, 1.54) is 5.52 Å². The molecule has 1 aliphatic rings. The van der Waals surface area contributed by atoms with E-state index in [4.69, 9.17) is 9.47 Å². The maximum Gasteiger partial charge on any atom is 0.185 e. The van der Waals surface area contributed by atoms with Crippen LogP contribution in [-0.2, 0) is 6.67 Å². The Bertz CT molecular complexity index is 1090. The Morgan fingerprint density at radius 3 is 2.48 bits per heavy atom. The molecule has 0 saturated carbocycles. The summed E-state index contributed by atoms with van der Waals surface area (Å²) >= 11 is 0. The van der Waals surface area contributed by atoms with E-state index in [0.717, 1.165) is 43.8 Å². The van der Waals surface area contributed by atoms with Gasteiger partial charge in [0, 0.05) is 54.4 Å². The lowest BCUT2D eigenvalue weighted by Gasteiger charge is -2.32. The van der Waals surface area contributed by atoms with Gasteiger partial charge in [0.2, 0.25) is 0 Å². The standard InChI is InChI=1S/C25H29N3O3/c1-26-12-14-27(15-13-26)18-28-17-20(21-6-4-5-7-22(21)28)8-10-23(29)19-9-11-24(30-2)25(16-19)31-3/h4-11,16-17H,12-15,18H2,1-3H3. The number of carbonyl (C=O) groups excluding carboxylic acids is 1. The molecule has 0 radical (unpaired) electrons. The minimum atomic E-state index is -0.0724. The van der Waals surface area contributed by atoms with Crippen molar-refractivity contribution in [2.75, 3.05) is 47.4 Å². The van der Waals surface area contributed by atoms with Gasteiger partial charge in [-0.1, -0.05) is 18.2 Å². The molecule has 0 unspecified atom stereocenters. The summed E-state index contributed by atoms with van der Waals surface area (Å²) in [4.78, 5) is 17.6. The van der Waals surface area contributed by atoms with E-state index >= 15 is 0 Å². The number of allylic oxidation sites excluding steroid dienone is 1. The summed E-state index contributed by atoms with van der Waals surface area (Å²) in [5, 5.41) is 1.15. The Labute approximate surface area is 183 Å². The van der Waals surface area contributed by atoms with Gasteiger partial charge in [0.15, 0.2) is 17.3 Å². The third-order valence-corrected chi connectivity index (χ3v) is 5.85.